The largest absolute Gasteiger partial charge is 0.490 e. The van der Waals surface area contributed by atoms with Crippen LogP contribution in [0.3, 0.4) is 0 Å². The molecule has 0 spiro atoms. The predicted octanol–water partition coefficient (Wildman–Crippen LogP) is 3.84. The van der Waals surface area contributed by atoms with Crippen LogP contribution in [0, 0.1) is 0 Å². The molecule has 0 aliphatic heterocycles. The number of hydrogen-bond donors (Lipinski definition) is 0. The second-order valence-corrected chi connectivity index (χ2v) is 5.41. The van der Waals surface area contributed by atoms with Crippen LogP contribution in [-0.4, -0.2) is 24.8 Å². The molecule has 0 heterocycles. The summed E-state index contributed by atoms with van der Waals surface area (Å²) in [4.78, 5) is 11.7. The molecular formula is C17H24O4. The van der Waals surface area contributed by atoms with Gasteiger partial charge in [0, 0.05) is 11.6 Å². The summed E-state index contributed by atoms with van der Waals surface area (Å²) in [7, 11) is 0. The molecule has 116 valence electrons. The third-order valence-electron chi connectivity index (χ3n) is 2.40. The molecule has 0 atom stereocenters. The number of para-hydroxylation sites is 1. The number of carbonyl (C=O) groups is 1. The predicted molar refractivity (Wildman–Crippen MR) is 83.7 cm³/mol. The van der Waals surface area contributed by atoms with E-state index in [1.807, 2.05) is 52.8 Å². The molecule has 1 aromatic rings. The Bertz CT molecular complexity index is 498. The molecule has 1 rings (SSSR count). The Hall–Kier alpha value is -1.97. The fourth-order valence-corrected chi connectivity index (χ4v) is 1.73. The number of carbonyl (C=O) groups excluding carboxylic acids is 1. The Labute approximate surface area is 126 Å². The number of benzene rings is 1. The van der Waals surface area contributed by atoms with E-state index in [0.717, 1.165) is 5.56 Å². The minimum Gasteiger partial charge on any atom is -0.490 e. The minimum atomic E-state index is -0.503. The van der Waals surface area contributed by atoms with Crippen LogP contribution in [0.25, 0.3) is 6.08 Å². The fourth-order valence-electron chi connectivity index (χ4n) is 1.73. The smallest absolute Gasteiger partial charge is 0.331 e. The molecule has 21 heavy (non-hydrogen) atoms. The van der Waals surface area contributed by atoms with Crippen LogP contribution >= 0.6 is 0 Å². The van der Waals surface area contributed by atoms with Gasteiger partial charge in [-0.25, -0.2) is 4.79 Å². The number of rotatable bonds is 6. The number of ether oxygens (including phenoxy) is 3. The van der Waals surface area contributed by atoms with Crippen LogP contribution < -0.4 is 9.47 Å². The first kappa shape index (κ1) is 17.1. The molecule has 0 aliphatic rings. The van der Waals surface area contributed by atoms with E-state index in [2.05, 4.69) is 0 Å². The van der Waals surface area contributed by atoms with Crippen LogP contribution in [0.4, 0.5) is 0 Å². The Balaban J connectivity index is 2.96. The van der Waals surface area contributed by atoms with Gasteiger partial charge in [-0.05, 0) is 46.8 Å². The molecule has 0 aliphatic carbocycles. The lowest BCUT2D eigenvalue weighted by Gasteiger charge is -2.18. The lowest BCUT2D eigenvalue weighted by Crippen LogP contribution is -2.22. The van der Waals surface area contributed by atoms with Gasteiger partial charge in [0.25, 0.3) is 0 Å². The standard InChI is InChI=1S/C17H24O4/c1-6-19-14-10-8-9-13(16(14)20-7-2)11-12-15(18)21-17(3,4)5/h8-12H,6-7H2,1-5H3. The van der Waals surface area contributed by atoms with Crippen LogP contribution in [0.5, 0.6) is 11.5 Å². The molecule has 4 nitrogen and oxygen atoms in total. The molecule has 1 aromatic carbocycles. The van der Waals surface area contributed by atoms with Crippen molar-refractivity contribution in [2.24, 2.45) is 0 Å². The average Bonchev–Trinajstić information content (AvgIpc) is 2.37. The van der Waals surface area contributed by atoms with Crippen molar-refractivity contribution >= 4 is 12.0 Å². The van der Waals surface area contributed by atoms with Crippen molar-refractivity contribution in [3.63, 3.8) is 0 Å². The van der Waals surface area contributed by atoms with E-state index in [0.29, 0.717) is 24.7 Å². The first-order valence-electron chi connectivity index (χ1n) is 7.17. The van der Waals surface area contributed by atoms with Gasteiger partial charge in [-0.2, -0.15) is 0 Å². The zero-order valence-electron chi connectivity index (χ0n) is 13.4. The summed E-state index contributed by atoms with van der Waals surface area (Å²) in [6.45, 7) is 10.4. The van der Waals surface area contributed by atoms with Gasteiger partial charge in [0.15, 0.2) is 11.5 Å². The molecule has 0 amide bonds. The second-order valence-electron chi connectivity index (χ2n) is 5.41. The summed E-state index contributed by atoms with van der Waals surface area (Å²) < 4.78 is 16.4. The summed E-state index contributed by atoms with van der Waals surface area (Å²) in [6, 6.07) is 5.58. The third kappa shape index (κ3) is 5.90. The highest BCUT2D eigenvalue weighted by Gasteiger charge is 2.14. The SMILES string of the molecule is CCOc1cccc(C=CC(=O)OC(C)(C)C)c1OCC. The summed E-state index contributed by atoms with van der Waals surface area (Å²) in [5, 5.41) is 0. The Morgan fingerprint density at radius 3 is 2.38 bits per heavy atom. The van der Waals surface area contributed by atoms with E-state index in [1.54, 1.807) is 6.08 Å². The van der Waals surface area contributed by atoms with Crippen LogP contribution in [-0.2, 0) is 9.53 Å². The van der Waals surface area contributed by atoms with Crippen molar-refractivity contribution in [1.82, 2.24) is 0 Å². The summed E-state index contributed by atoms with van der Waals surface area (Å²) >= 11 is 0. The van der Waals surface area contributed by atoms with Crippen molar-refractivity contribution in [3.8, 4) is 11.5 Å². The van der Waals surface area contributed by atoms with E-state index in [4.69, 9.17) is 14.2 Å². The van der Waals surface area contributed by atoms with Gasteiger partial charge in [0.1, 0.15) is 5.60 Å². The molecule has 0 N–H and O–H groups in total. The Kier molecular flexibility index (Phi) is 6.28. The maximum atomic E-state index is 11.7. The van der Waals surface area contributed by atoms with Crippen molar-refractivity contribution in [1.29, 1.82) is 0 Å². The molecule has 0 fully saturated rings. The van der Waals surface area contributed by atoms with E-state index < -0.39 is 5.60 Å². The van der Waals surface area contributed by atoms with Gasteiger partial charge in [0.05, 0.1) is 13.2 Å². The molecule has 0 bridgehead atoms. The average molecular weight is 292 g/mol. The van der Waals surface area contributed by atoms with Crippen LogP contribution in [0.1, 0.15) is 40.2 Å². The zero-order valence-corrected chi connectivity index (χ0v) is 13.4. The summed E-state index contributed by atoms with van der Waals surface area (Å²) in [5.41, 5.74) is 0.283. The van der Waals surface area contributed by atoms with Gasteiger partial charge >= 0.3 is 5.97 Å². The van der Waals surface area contributed by atoms with E-state index >= 15 is 0 Å². The first-order chi connectivity index (χ1) is 9.87. The zero-order chi connectivity index (χ0) is 15.9. The first-order valence-corrected chi connectivity index (χ1v) is 7.17. The summed E-state index contributed by atoms with van der Waals surface area (Å²) in [6.07, 6.45) is 3.08. The van der Waals surface area contributed by atoms with Crippen molar-refractivity contribution in [2.75, 3.05) is 13.2 Å². The van der Waals surface area contributed by atoms with Gasteiger partial charge < -0.3 is 14.2 Å². The second kappa shape index (κ2) is 7.72. The van der Waals surface area contributed by atoms with Gasteiger partial charge in [0.2, 0.25) is 0 Å². The topological polar surface area (TPSA) is 44.8 Å². The van der Waals surface area contributed by atoms with Gasteiger partial charge in [-0.3, -0.25) is 0 Å². The van der Waals surface area contributed by atoms with Gasteiger partial charge in [-0.15, -0.1) is 0 Å². The lowest BCUT2D eigenvalue weighted by molar-refractivity contribution is -0.148. The van der Waals surface area contributed by atoms with Crippen LogP contribution in [0.15, 0.2) is 24.3 Å². The van der Waals surface area contributed by atoms with Crippen molar-refractivity contribution in [2.45, 2.75) is 40.2 Å². The third-order valence-corrected chi connectivity index (χ3v) is 2.40. The van der Waals surface area contributed by atoms with E-state index in [9.17, 15) is 4.79 Å². The maximum absolute atomic E-state index is 11.7. The molecule has 0 aromatic heterocycles. The molecule has 0 saturated heterocycles. The highest BCUT2D eigenvalue weighted by atomic mass is 16.6. The molecule has 0 saturated carbocycles. The molecule has 0 unspecified atom stereocenters. The maximum Gasteiger partial charge on any atom is 0.331 e. The number of hydrogen-bond acceptors (Lipinski definition) is 4. The molecule has 0 radical (unpaired) electrons. The Morgan fingerprint density at radius 1 is 1.14 bits per heavy atom. The monoisotopic (exact) mass is 292 g/mol. The van der Waals surface area contributed by atoms with Crippen molar-refractivity contribution < 1.29 is 19.0 Å². The summed E-state index contributed by atoms with van der Waals surface area (Å²) in [5.74, 6) is 0.930. The highest BCUT2D eigenvalue weighted by molar-refractivity contribution is 5.88. The Morgan fingerprint density at radius 2 is 1.81 bits per heavy atom. The quantitative estimate of drug-likeness (QED) is 0.590. The molecule has 4 heteroatoms. The van der Waals surface area contributed by atoms with Gasteiger partial charge in [-0.1, -0.05) is 12.1 Å². The fraction of sp³-hybridized carbons (Fsp3) is 0.471. The lowest BCUT2D eigenvalue weighted by atomic mass is 10.1. The normalized spacial score (nSPS) is 11.5. The van der Waals surface area contributed by atoms with Crippen LogP contribution in [0.2, 0.25) is 0 Å². The van der Waals surface area contributed by atoms with E-state index in [1.165, 1.54) is 6.08 Å². The molecular weight excluding hydrogens is 268 g/mol. The van der Waals surface area contributed by atoms with E-state index in [-0.39, 0.29) is 5.97 Å². The number of esters is 1. The highest BCUT2D eigenvalue weighted by Crippen LogP contribution is 2.32. The van der Waals surface area contributed by atoms with Crippen molar-refractivity contribution in [3.05, 3.63) is 29.8 Å². The minimum absolute atomic E-state index is 0.383.